The van der Waals surface area contributed by atoms with Crippen LogP contribution in [0.1, 0.15) is 5.56 Å². The fraction of sp³-hybridized carbons (Fsp3) is 0.0769. The maximum Gasteiger partial charge on any atom is 0.295 e. The van der Waals surface area contributed by atoms with Gasteiger partial charge in [-0.1, -0.05) is 22.0 Å². The highest BCUT2D eigenvalue weighted by molar-refractivity contribution is 9.10. The summed E-state index contributed by atoms with van der Waals surface area (Å²) < 4.78 is 27.2. The van der Waals surface area contributed by atoms with Gasteiger partial charge in [-0.25, -0.2) is 8.78 Å². The molecule has 104 valence electrons. The Morgan fingerprint density at radius 3 is 2.60 bits per heavy atom. The van der Waals surface area contributed by atoms with Gasteiger partial charge < -0.3 is 5.32 Å². The van der Waals surface area contributed by atoms with Crippen LogP contribution >= 0.6 is 15.9 Å². The second-order valence-electron chi connectivity index (χ2n) is 4.01. The Morgan fingerprint density at radius 1 is 1.20 bits per heavy atom. The van der Waals surface area contributed by atoms with Gasteiger partial charge in [0.25, 0.3) is 5.69 Å². The first-order chi connectivity index (χ1) is 9.47. The summed E-state index contributed by atoms with van der Waals surface area (Å²) >= 11 is 3.14. The molecule has 0 aliphatic carbocycles. The van der Waals surface area contributed by atoms with Crippen molar-refractivity contribution in [3.63, 3.8) is 0 Å². The van der Waals surface area contributed by atoms with E-state index in [4.69, 9.17) is 0 Å². The average Bonchev–Trinajstić information content (AvgIpc) is 2.38. The molecule has 0 aromatic heterocycles. The largest absolute Gasteiger partial charge is 0.375 e. The molecule has 0 saturated heterocycles. The number of nitrogens with one attached hydrogen (secondary N) is 1. The van der Waals surface area contributed by atoms with Gasteiger partial charge in [0.05, 0.1) is 11.0 Å². The summed E-state index contributed by atoms with van der Waals surface area (Å²) in [4.78, 5) is 10.1. The molecule has 0 amide bonds. The first-order valence-corrected chi connectivity index (χ1v) is 6.38. The van der Waals surface area contributed by atoms with E-state index < -0.39 is 16.6 Å². The summed E-state index contributed by atoms with van der Waals surface area (Å²) in [5, 5.41) is 13.6. The molecule has 0 heterocycles. The fourth-order valence-electron chi connectivity index (χ4n) is 1.66. The van der Waals surface area contributed by atoms with Crippen molar-refractivity contribution < 1.29 is 13.7 Å². The number of rotatable bonds is 4. The number of anilines is 1. The third-order valence-corrected chi connectivity index (χ3v) is 3.13. The molecule has 1 N–H and O–H groups in total. The van der Waals surface area contributed by atoms with Crippen LogP contribution in [0.15, 0.2) is 40.9 Å². The van der Waals surface area contributed by atoms with Crippen molar-refractivity contribution in [3.8, 4) is 0 Å². The molecule has 7 heteroatoms. The highest BCUT2D eigenvalue weighted by atomic mass is 79.9. The van der Waals surface area contributed by atoms with Gasteiger partial charge in [-0.05, 0) is 24.3 Å². The lowest BCUT2D eigenvalue weighted by Gasteiger charge is -2.08. The van der Waals surface area contributed by atoms with Crippen molar-refractivity contribution in [2.24, 2.45) is 0 Å². The van der Waals surface area contributed by atoms with E-state index in [0.29, 0.717) is 10.0 Å². The third-order valence-electron chi connectivity index (χ3n) is 2.64. The first-order valence-electron chi connectivity index (χ1n) is 5.59. The Balaban J connectivity index is 2.20. The second kappa shape index (κ2) is 5.96. The molecule has 0 unspecified atom stereocenters. The molecule has 0 spiro atoms. The van der Waals surface area contributed by atoms with E-state index in [0.717, 1.165) is 12.1 Å². The van der Waals surface area contributed by atoms with Crippen molar-refractivity contribution >= 4 is 27.3 Å². The van der Waals surface area contributed by atoms with Crippen LogP contribution in [-0.4, -0.2) is 4.92 Å². The van der Waals surface area contributed by atoms with E-state index >= 15 is 0 Å². The quantitative estimate of drug-likeness (QED) is 0.667. The van der Waals surface area contributed by atoms with Crippen LogP contribution in [0.25, 0.3) is 0 Å². The Hall–Kier alpha value is -2.02. The molecule has 0 saturated carbocycles. The molecule has 0 fully saturated rings. The summed E-state index contributed by atoms with van der Waals surface area (Å²) in [5.41, 5.74) is 0.105. The highest BCUT2D eigenvalue weighted by Gasteiger charge is 2.15. The van der Waals surface area contributed by atoms with Crippen LogP contribution in [0.5, 0.6) is 0 Å². The minimum atomic E-state index is -0.697. The second-order valence-corrected chi connectivity index (χ2v) is 4.92. The maximum absolute atomic E-state index is 13.6. The molecule has 2 rings (SSSR count). The zero-order valence-electron chi connectivity index (χ0n) is 10.1. The van der Waals surface area contributed by atoms with Crippen LogP contribution in [0.3, 0.4) is 0 Å². The van der Waals surface area contributed by atoms with Gasteiger partial charge in [-0.2, -0.15) is 0 Å². The van der Waals surface area contributed by atoms with Gasteiger partial charge in [0, 0.05) is 16.6 Å². The number of hydrogen-bond acceptors (Lipinski definition) is 3. The Morgan fingerprint density at radius 2 is 1.95 bits per heavy atom. The summed E-state index contributed by atoms with van der Waals surface area (Å²) in [6.45, 7) is 0.0611. The number of benzene rings is 2. The van der Waals surface area contributed by atoms with Crippen LogP contribution < -0.4 is 5.32 Å². The van der Waals surface area contributed by atoms with Crippen molar-refractivity contribution in [1.82, 2.24) is 0 Å². The number of nitrogens with zero attached hydrogens (tertiary/aromatic N) is 1. The van der Waals surface area contributed by atoms with Crippen LogP contribution in [0.4, 0.5) is 20.2 Å². The summed E-state index contributed by atoms with van der Waals surface area (Å²) in [5.74, 6) is -1.13. The molecular formula is C13H9BrF2N2O2. The molecule has 2 aromatic carbocycles. The average molecular weight is 343 g/mol. The minimum absolute atomic E-state index is 0.0611. The first kappa shape index (κ1) is 14.4. The third kappa shape index (κ3) is 3.30. The van der Waals surface area contributed by atoms with E-state index in [-0.39, 0.29) is 17.9 Å². The predicted molar refractivity (Wildman–Crippen MR) is 74.5 cm³/mol. The van der Waals surface area contributed by atoms with E-state index in [2.05, 4.69) is 21.2 Å². The Bertz CT molecular complexity index is 665. The number of hydrogen-bond donors (Lipinski definition) is 1. The van der Waals surface area contributed by atoms with Crippen LogP contribution in [0, 0.1) is 21.7 Å². The maximum atomic E-state index is 13.6. The molecule has 20 heavy (non-hydrogen) atoms. The number of nitro benzene ring substituents is 1. The van der Waals surface area contributed by atoms with Crippen molar-refractivity contribution in [2.75, 3.05) is 5.32 Å². The van der Waals surface area contributed by atoms with Gasteiger partial charge >= 0.3 is 0 Å². The zero-order chi connectivity index (χ0) is 14.7. The van der Waals surface area contributed by atoms with Gasteiger partial charge in [0.2, 0.25) is 0 Å². The summed E-state index contributed by atoms with van der Waals surface area (Å²) in [6.07, 6.45) is 0. The lowest BCUT2D eigenvalue weighted by Crippen LogP contribution is -2.04. The summed E-state index contributed by atoms with van der Waals surface area (Å²) in [7, 11) is 0. The number of halogens is 3. The van der Waals surface area contributed by atoms with Crippen molar-refractivity contribution in [1.29, 1.82) is 0 Å². The van der Waals surface area contributed by atoms with Crippen molar-refractivity contribution in [3.05, 3.63) is 68.2 Å². The normalized spacial score (nSPS) is 10.3. The van der Waals surface area contributed by atoms with Gasteiger partial charge in [0.15, 0.2) is 0 Å². The van der Waals surface area contributed by atoms with Crippen LogP contribution in [-0.2, 0) is 6.54 Å². The molecule has 0 radical (unpaired) electrons. The number of nitro groups is 1. The lowest BCUT2D eigenvalue weighted by molar-refractivity contribution is -0.384. The Labute approximate surface area is 121 Å². The predicted octanol–water partition coefficient (Wildman–Crippen LogP) is 4.25. The molecule has 0 aliphatic heterocycles. The van der Waals surface area contributed by atoms with E-state index in [1.54, 1.807) is 12.1 Å². The molecule has 4 nitrogen and oxygen atoms in total. The highest BCUT2D eigenvalue weighted by Crippen LogP contribution is 2.26. The summed E-state index contributed by atoms with van der Waals surface area (Å²) in [6, 6.07) is 7.70. The molecule has 0 atom stereocenters. The molecule has 2 aromatic rings. The van der Waals surface area contributed by atoms with E-state index in [1.807, 2.05) is 0 Å². The topological polar surface area (TPSA) is 55.2 Å². The SMILES string of the molecule is O=[N+]([O-])c1cc(F)ccc1NCc1ccc(Br)cc1F. The van der Waals surface area contributed by atoms with Gasteiger partial charge in [0.1, 0.15) is 17.3 Å². The van der Waals surface area contributed by atoms with Crippen molar-refractivity contribution in [2.45, 2.75) is 6.54 Å². The van der Waals surface area contributed by atoms with E-state index in [9.17, 15) is 18.9 Å². The molecule has 0 aliphatic rings. The fourth-order valence-corrected chi connectivity index (χ4v) is 1.99. The van der Waals surface area contributed by atoms with Gasteiger partial charge in [-0.15, -0.1) is 0 Å². The minimum Gasteiger partial charge on any atom is -0.375 e. The molecule has 0 bridgehead atoms. The lowest BCUT2D eigenvalue weighted by atomic mass is 10.2. The smallest absolute Gasteiger partial charge is 0.295 e. The molecular weight excluding hydrogens is 334 g/mol. The zero-order valence-corrected chi connectivity index (χ0v) is 11.7. The van der Waals surface area contributed by atoms with E-state index in [1.165, 1.54) is 12.1 Å². The monoisotopic (exact) mass is 342 g/mol. The Kier molecular flexibility index (Phi) is 4.29. The standard InChI is InChI=1S/C13H9BrF2N2O2/c14-9-2-1-8(11(16)5-9)7-17-12-4-3-10(15)6-13(12)18(19)20/h1-6,17H,7H2. The van der Waals surface area contributed by atoms with Crippen LogP contribution in [0.2, 0.25) is 0 Å². The van der Waals surface area contributed by atoms with Gasteiger partial charge in [-0.3, -0.25) is 10.1 Å².